The summed E-state index contributed by atoms with van der Waals surface area (Å²) in [5, 5.41) is 14.7. The number of carboxylic acid groups (broad SMARTS) is 1. The second kappa shape index (κ2) is 9.85. The average molecular weight is 437 g/mol. The zero-order chi connectivity index (χ0) is 22.5. The van der Waals surface area contributed by atoms with Gasteiger partial charge in [-0.25, -0.2) is 4.79 Å². The van der Waals surface area contributed by atoms with Gasteiger partial charge < -0.3 is 20.5 Å². The van der Waals surface area contributed by atoms with Crippen LogP contribution in [0.1, 0.15) is 49.1 Å². The van der Waals surface area contributed by atoms with Crippen molar-refractivity contribution in [3.63, 3.8) is 0 Å². The van der Waals surface area contributed by atoms with Crippen LogP contribution in [0.15, 0.2) is 48.5 Å². The monoisotopic (exact) mass is 436 g/mol. The fourth-order valence-electron chi connectivity index (χ4n) is 4.77. The number of carbonyl (C=O) groups excluding carboxylic acids is 2. The third-order valence-corrected chi connectivity index (χ3v) is 6.35. The Morgan fingerprint density at radius 1 is 0.969 bits per heavy atom. The van der Waals surface area contributed by atoms with Crippen molar-refractivity contribution in [2.45, 2.75) is 44.1 Å². The fraction of sp³-hybridized carbons (Fsp3) is 0.400. The van der Waals surface area contributed by atoms with Gasteiger partial charge in [0.25, 0.3) is 0 Å². The number of amides is 2. The van der Waals surface area contributed by atoms with E-state index in [1.165, 1.54) is 11.1 Å². The molecule has 4 rings (SSSR count). The number of alkyl carbamates (subject to hydrolysis) is 1. The largest absolute Gasteiger partial charge is 0.481 e. The molecule has 0 aliphatic heterocycles. The predicted molar refractivity (Wildman–Crippen MR) is 119 cm³/mol. The zero-order valence-corrected chi connectivity index (χ0v) is 17.9. The van der Waals surface area contributed by atoms with E-state index in [4.69, 9.17) is 9.84 Å². The summed E-state index contributed by atoms with van der Waals surface area (Å²) in [5.41, 5.74) is 4.63. The number of carbonyl (C=O) groups is 3. The normalized spacial score (nSPS) is 19.5. The number of fused-ring (bicyclic) bond motifs is 3. The first kappa shape index (κ1) is 21.9. The topological polar surface area (TPSA) is 105 Å². The van der Waals surface area contributed by atoms with E-state index >= 15 is 0 Å². The van der Waals surface area contributed by atoms with Crippen LogP contribution in [0, 0.1) is 5.92 Å². The molecule has 0 saturated heterocycles. The number of hydrogen-bond donors (Lipinski definition) is 3. The van der Waals surface area contributed by atoms with Gasteiger partial charge in [0.2, 0.25) is 5.91 Å². The first-order valence-electron chi connectivity index (χ1n) is 11.1. The second-order valence-electron chi connectivity index (χ2n) is 8.47. The molecule has 2 amide bonds. The summed E-state index contributed by atoms with van der Waals surface area (Å²) in [6.45, 7) is 0.391. The highest BCUT2D eigenvalue weighted by Gasteiger charge is 2.29. The lowest BCUT2D eigenvalue weighted by Gasteiger charge is -2.27. The Morgan fingerprint density at radius 3 is 2.28 bits per heavy atom. The summed E-state index contributed by atoms with van der Waals surface area (Å²) in [7, 11) is 0. The van der Waals surface area contributed by atoms with Gasteiger partial charge >= 0.3 is 12.1 Å². The lowest BCUT2D eigenvalue weighted by atomic mass is 9.86. The standard InChI is InChI=1S/C25H28N2O5/c28-23(27-17-7-5-6-16(14-17)24(29)30)12-13-26-25(31)32-15-22-20-10-3-1-8-18(20)19-9-2-4-11-21(19)22/h1-4,8-11,16-17,22H,5-7,12-15H2,(H,26,31)(H,27,28)(H,29,30)/t16-,17-/m1/s1. The van der Waals surface area contributed by atoms with E-state index in [0.29, 0.717) is 12.8 Å². The molecule has 0 unspecified atom stereocenters. The molecule has 0 spiro atoms. The smallest absolute Gasteiger partial charge is 0.407 e. The first-order chi connectivity index (χ1) is 15.5. The van der Waals surface area contributed by atoms with Crippen LogP contribution < -0.4 is 10.6 Å². The van der Waals surface area contributed by atoms with Crippen molar-refractivity contribution in [3.05, 3.63) is 59.7 Å². The molecule has 0 heterocycles. The van der Waals surface area contributed by atoms with Crippen LogP contribution in [-0.2, 0) is 14.3 Å². The van der Waals surface area contributed by atoms with E-state index in [9.17, 15) is 14.4 Å². The molecular formula is C25H28N2O5. The highest BCUT2D eigenvalue weighted by molar-refractivity contribution is 5.79. The van der Waals surface area contributed by atoms with Crippen molar-refractivity contribution in [2.75, 3.05) is 13.2 Å². The molecule has 168 valence electrons. The SMILES string of the molecule is O=C(CCNC(=O)OCC1c2ccccc2-c2ccccc21)N[C@@H]1CCC[C@@H](C(=O)O)C1. The quantitative estimate of drug-likeness (QED) is 0.614. The van der Waals surface area contributed by atoms with Crippen LogP contribution in [0.2, 0.25) is 0 Å². The molecular weight excluding hydrogens is 408 g/mol. The van der Waals surface area contributed by atoms with Crippen molar-refractivity contribution in [3.8, 4) is 11.1 Å². The molecule has 0 bridgehead atoms. The van der Waals surface area contributed by atoms with Gasteiger partial charge in [-0.15, -0.1) is 0 Å². The second-order valence-corrected chi connectivity index (χ2v) is 8.47. The van der Waals surface area contributed by atoms with Gasteiger partial charge in [0.1, 0.15) is 6.61 Å². The van der Waals surface area contributed by atoms with E-state index < -0.39 is 18.0 Å². The van der Waals surface area contributed by atoms with Gasteiger partial charge in [-0.3, -0.25) is 9.59 Å². The van der Waals surface area contributed by atoms with Gasteiger partial charge in [-0.2, -0.15) is 0 Å². The van der Waals surface area contributed by atoms with Crippen LogP contribution in [0.5, 0.6) is 0 Å². The van der Waals surface area contributed by atoms with E-state index in [1.807, 2.05) is 24.3 Å². The summed E-state index contributed by atoms with van der Waals surface area (Å²) >= 11 is 0. The molecule has 1 fully saturated rings. The van der Waals surface area contributed by atoms with E-state index in [-0.39, 0.29) is 37.4 Å². The zero-order valence-electron chi connectivity index (χ0n) is 17.9. The van der Waals surface area contributed by atoms with Gasteiger partial charge in [0.05, 0.1) is 5.92 Å². The number of benzene rings is 2. The Kier molecular flexibility index (Phi) is 6.73. The molecule has 7 heteroatoms. The minimum atomic E-state index is -0.805. The summed E-state index contributed by atoms with van der Waals surface area (Å²) in [4.78, 5) is 35.5. The highest BCUT2D eigenvalue weighted by atomic mass is 16.5. The molecule has 2 atom stereocenters. The van der Waals surface area contributed by atoms with Crippen LogP contribution in [-0.4, -0.2) is 42.3 Å². The Morgan fingerprint density at radius 2 is 1.62 bits per heavy atom. The molecule has 7 nitrogen and oxygen atoms in total. The van der Waals surface area contributed by atoms with Gasteiger partial charge in [-0.1, -0.05) is 55.0 Å². The van der Waals surface area contributed by atoms with Crippen molar-refractivity contribution in [1.29, 1.82) is 0 Å². The maximum Gasteiger partial charge on any atom is 0.407 e. The number of nitrogens with one attached hydrogen (secondary N) is 2. The lowest BCUT2D eigenvalue weighted by molar-refractivity contribution is -0.143. The minimum Gasteiger partial charge on any atom is -0.481 e. The highest BCUT2D eigenvalue weighted by Crippen LogP contribution is 2.44. The van der Waals surface area contributed by atoms with Crippen molar-refractivity contribution in [1.82, 2.24) is 10.6 Å². The Balaban J connectivity index is 1.22. The Bertz CT molecular complexity index is 960. The van der Waals surface area contributed by atoms with Crippen LogP contribution in [0.4, 0.5) is 4.79 Å². The molecule has 2 aliphatic rings. The maximum atomic E-state index is 12.2. The summed E-state index contributed by atoms with van der Waals surface area (Å²) < 4.78 is 5.46. The Labute approximate surface area is 187 Å². The summed E-state index contributed by atoms with van der Waals surface area (Å²) in [6.07, 6.45) is 2.27. The minimum absolute atomic E-state index is 0.00932. The maximum absolute atomic E-state index is 12.2. The predicted octanol–water partition coefficient (Wildman–Crippen LogP) is 3.67. The summed E-state index contributed by atoms with van der Waals surface area (Å²) in [6, 6.07) is 16.2. The van der Waals surface area contributed by atoms with Gasteiger partial charge in [0, 0.05) is 24.9 Å². The fourth-order valence-corrected chi connectivity index (χ4v) is 4.77. The van der Waals surface area contributed by atoms with Gasteiger partial charge in [-0.05, 0) is 41.5 Å². The lowest BCUT2D eigenvalue weighted by Crippen LogP contribution is -2.41. The van der Waals surface area contributed by atoms with E-state index in [0.717, 1.165) is 24.0 Å². The van der Waals surface area contributed by atoms with Crippen LogP contribution in [0.25, 0.3) is 11.1 Å². The van der Waals surface area contributed by atoms with Crippen molar-refractivity contribution < 1.29 is 24.2 Å². The molecule has 2 aromatic rings. The van der Waals surface area contributed by atoms with Gasteiger partial charge in [0.15, 0.2) is 0 Å². The molecule has 2 aromatic carbocycles. The van der Waals surface area contributed by atoms with E-state index in [2.05, 4.69) is 34.9 Å². The number of carboxylic acids is 1. The summed E-state index contributed by atoms with van der Waals surface area (Å²) in [5.74, 6) is -1.40. The Hall–Kier alpha value is -3.35. The molecule has 0 radical (unpaired) electrons. The van der Waals surface area contributed by atoms with E-state index in [1.54, 1.807) is 0 Å². The number of ether oxygens (including phenoxy) is 1. The third-order valence-electron chi connectivity index (χ3n) is 6.35. The van der Waals surface area contributed by atoms with Crippen LogP contribution in [0.3, 0.4) is 0 Å². The van der Waals surface area contributed by atoms with Crippen molar-refractivity contribution in [2.24, 2.45) is 5.92 Å². The average Bonchev–Trinajstić information content (AvgIpc) is 3.11. The molecule has 1 saturated carbocycles. The molecule has 0 aromatic heterocycles. The number of rotatable bonds is 7. The number of aliphatic carboxylic acids is 1. The first-order valence-corrected chi connectivity index (χ1v) is 11.1. The molecule has 2 aliphatic carbocycles. The molecule has 32 heavy (non-hydrogen) atoms. The number of hydrogen-bond acceptors (Lipinski definition) is 4. The van der Waals surface area contributed by atoms with Crippen LogP contribution >= 0.6 is 0 Å². The molecule has 3 N–H and O–H groups in total. The van der Waals surface area contributed by atoms with Crippen molar-refractivity contribution >= 4 is 18.0 Å². The third kappa shape index (κ3) is 4.93.